The summed E-state index contributed by atoms with van der Waals surface area (Å²) in [6.45, 7) is 12.2. The molecule has 2 aromatic carbocycles. The molecule has 3 atom stereocenters. The van der Waals surface area contributed by atoms with E-state index in [0.29, 0.717) is 90.0 Å². The second-order valence-electron chi connectivity index (χ2n) is 12.6. The minimum Gasteiger partial charge on any atom is -0.493 e. The van der Waals surface area contributed by atoms with Crippen LogP contribution in [0.4, 0.5) is 11.4 Å². The number of hydrogen-bond donors (Lipinski definition) is 1. The van der Waals surface area contributed by atoms with Gasteiger partial charge in [0.05, 0.1) is 69.2 Å². The first-order valence-corrected chi connectivity index (χ1v) is 18.4. The van der Waals surface area contributed by atoms with Crippen LogP contribution < -0.4 is 24.3 Å². The molecular formula is C35H43N4O7P. The zero-order valence-corrected chi connectivity index (χ0v) is 28.3. The Labute approximate surface area is 276 Å². The van der Waals surface area contributed by atoms with Crippen molar-refractivity contribution in [1.82, 2.24) is 9.80 Å². The van der Waals surface area contributed by atoms with Crippen molar-refractivity contribution in [2.75, 3.05) is 70.9 Å². The van der Waals surface area contributed by atoms with E-state index in [0.717, 1.165) is 24.0 Å². The molecule has 0 radical (unpaired) electrons. The molecule has 4 aliphatic rings. The van der Waals surface area contributed by atoms with E-state index in [9.17, 15) is 14.2 Å². The van der Waals surface area contributed by atoms with E-state index >= 15 is 0 Å². The molecule has 0 aliphatic carbocycles. The van der Waals surface area contributed by atoms with Gasteiger partial charge in [-0.2, -0.15) is 0 Å². The number of amides is 2. The monoisotopic (exact) mass is 662 g/mol. The Bertz CT molecular complexity index is 1690. The molecule has 4 heterocycles. The van der Waals surface area contributed by atoms with Crippen molar-refractivity contribution < 1.29 is 33.1 Å². The summed E-state index contributed by atoms with van der Waals surface area (Å²) in [5.74, 6) is 1.65. The van der Waals surface area contributed by atoms with Crippen LogP contribution >= 0.6 is 7.14 Å². The van der Waals surface area contributed by atoms with Gasteiger partial charge in [0.25, 0.3) is 11.8 Å². The van der Waals surface area contributed by atoms with Gasteiger partial charge in [0.15, 0.2) is 23.0 Å². The lowest BCUT2D eigenvalue weighted by Crippen LogP contribution is -2.36. The van der Waals surface area contributed by atoms with Gasteiger partial charge in [-0.05, 0) is 31.4 Å². The smallest absolute Gasteiger partial charge is 0.257 e. The van der Waals surface area contributed by atoms with Crippen molar-refractivity contribution in [2.45, 2.75) is 38.3 Å². The number of carbonyl (C=O) groups is 2. The summed E-state index contributed by atoms with van der Waals surface area (Å²) < 4.78 is 37.5. The highest BCUT2D eigenvalue weighted by atomic mass is 31.2. The topological polar surface area (TPSA) is 119 Å². The summed E-state index contributed by atoms with van der Waals surface area (Å²) in [5, 5.41) is 3.40. The normalized spacial score (nSPS) is 21.2. The number of nitrogens with one attached hydrogen (secondary N) is 1. The molecule has 0 saturated carbocycles. The molecule has 47 heavy (non-hydrogen) atoms. The van der Waals surface area contributed by atoms with Crippen LogP contribution in [0.3, 0.4) is 0 Å². The SMILES string of the molecule is C=C1C[C@H]2CNc3cc(OCCP(=O)(CCC)CCOc4cc5c(cc4OC)C(=O)N4CC(=C)C[C@H]4C=N5)c(OC)cc3C(=O)N2C1. The van der Waals surface area contributed by atoms with E-state index in [-0.39, 0.29) is 37.1 Å². The largest absolute Gasteiger partial charge is 0.493 e. The van der Waals surface area contributed by atoms with Crippen LogP contribution in [0.25, 0.3) is 0 Å². The third kappa shape index (κ3) is 6.63. The number of nitrogens with zero attached hydrogens (tertiary/aromatic N) is 3. The number of ether oxygens (including phenoxy) is 4. The molecule has 1 unspecified atom stereocenters. The van der Waals surface area contributed by atoms with E-state index in [1.807, 2.05) is 11.8 Å². The van der Waals surface area contributed by atoms with Crippen LogP contribution in [-0.2, 0) is 4.57 Å². The molecule has 2 fully saturated rings. The maximum atomic E-state index is 14.0. The van der Waals surface area contributed by atoms with Crippen LogP contribution in [0, 0.1) is 0 Å². The van der Waals surface area contributed by atoms with Gasteiger partial charge in [-0.1, -0.05) is 31.2 Å². The Morgan fingerprint density at radius 3 is 2.15 bits per heavy atom. The Balaban J connectivity index is 1.10. The molecular weight excluding hydrogens is 619 g/mol. The maximum Gasteiger partial charge on any atom is 0.257 e. The zero-order valence-electron chi connectivity index (χ0n) is 27.4. The molecule has 2 amide bonds. The molecule has 12 heteroatoms. The average Bonchev–Trinajstić information content (AvgIpc) is 3.56. The van der Waals surface area contributed by atoms with Gasteiger partial charge in [0, 0.05) is 56.5 Å². The number of fused-ring (bicyclic) bond motifs is 4. The van der Waals surface area contributed by atoms with Gasteiger partial charge in [-0.25, -0.2) is 0 Å². The van der Waals surface area contributed by atoms with Gasteiger partial charge in [0.1, 0.15) is 0 Å². The Kier molecular flexibility index (Phi) is 9.37. The Hall–Kier alpha value is -4.24. The third-order valence-electron chi connectivity index (χ3n) is 9.28. The van der Waals surface area contributed by atoms with Crippen molar-refractivity contribution in [3.8, 4) is 23.0 Å². The van der Waals surface area contributed by atoms with Crippen molar-refractivity contribution >= 4 is 36.5 Å². The number of rotatable bonds is 12. The molecule has 11 nitrogen and oxygen atoms in total. The number of anilines is 1. The third-order valence-corrected chi connectivity index (χ3v) is 12.5. The van der Waals surface area contributed by atoms with Crippen LogP contribution in [0.2, 0.25) is 0 Å². The van der Waals surface area contributed by atoms with Crippen LogP contribution in [0.5, 0.6) is 23.0 Å². The van der Waals surface area contributed by atoms with Crippen LogP contribution in [-0.4, -0.2) is 105 Å². The predicted molar refractivity (Wildman–Crippen MR) is 183 cm³/mol. The van der Waals surface area contributed by atoms with Crippen molar-refractivity contribution in [1.29, 1.82) is 0 Å². The molecule has 0 bridgehead atoms. The van der Waals surface area contributed by atoms with Gasteiger partial charge in [0.2, 0.25) is 0 Å². The van der Waals surface area contributed by atoms with Crippen molar-refractivity contribution in [3.63, 3.8) is 0 Å². The summed E-state index contributed by atoms with van der Waals surface area (Å²) in [7, 11) is 0.400. The highest BCUT2D eigenvalue weighted by Gasteiger charge is 2.36. The first-order valence-electron chi connectivity index (χ1n) is 16.1. The van der Waals surface area contributed by atoms with Crippen LogP contribution in [0.15, 0.2) is 53.6 Å². The average molecular weight is 663 g/mol. The molecule has 6 rings (SSSR count). The lowest BCUT2D eigenvalue weighted by atomic mass is 10.1. The lowest BCUT2D eigenvalue weighted by molar-refractivity contribution is 0.0750. The Morgan fingerprint density at radius 2 is 1.47 bits per heavy atom. The summed E-state index contributed by atoms with van der Waals surface area (Å²) in [6.07, 6.45) is 5.31. The minimum atomic E-state index is -2.67. The van der Waals surface area contributed by atoms with Crippen molar-refractivity contribution in [2.24, 2.45) is 4.99 Å². The second-order valence-corrected chi connectivity index (χ2v) is 16.1. The number of benzene rings is 2. The second kappa shape index (κ2) is 13.5. The molecule has 250 valence electrons. The molecule has 1 N–H and O–H groups in total. The fourth-order valence-electron chi connectivity index (χ4n) is 6.83. The van der Waals surface area contributed by atoms with E-state index in [1.54, 1.807) is 42.5 Å². The van der Waals surface area contributed by atoms with Gasteiger partial charge in [-0.3, -0.25) is 14.6 Å². The first-order chi connectivity index (χ1) is 22.6. The molecule has 2 aromatic rings. The highest BCUT2D eigenvalue weighted by Crippen LogP contribution is 2.47. The molecule has 4 aliphatic heterocycles. The lowest BCUT2D eigenvalue weighted by Gasteiger charge is -2.21. The number of methoxy groups -OCH3 is 2. The number of carbonyl (C=O) groups excluding carboxylic acids is 2. The fourth-order valence-corrected chi connectivity index (χ4v) is 9.16. The van der Waals surface area contributed by atoms with E-state index < -0.39 is 7.14 Å². The van der Waals surface area contributed by atoms with Gasteiger partial charge in [-0.15, -0.1) is 0 Å². The summed E-state index contributed by atoms with van der Waals surface area (Å²) in [4.78, 5) is 34.8. The highest BCUT2D eigenvalue weighted by molar-refractivity contribution is 7.63. The molecule has 0 aromatic heterocycles. The maximum absolute atomic E-state index is 14.0. The zero-order chi connectivity index (χ0) is 33.3. The number of hydrogen-bond acceptors (Lipinski definition) is 9. The predicted octanol–water partition coefficient (Wildman–Crippen LogP) is 5.62. The Morgan fingerprint density at radius 1 is 0.851 bits per heavy atom. The van der Waals surface area contributed by atoms with E-state index in [2.05, 4.69) is 23.5 Å². The van der Waals surface area contributed by atoms with Crippen molar-refractivity contribution in [3.05, 3.63) is 59.7 Å². The minimum absolute atomic E-state index is 0.0536. The van der Waals surface area contributed by atoms with E-state index in [1.165, 1.54) is 7.11 Å². The quantitative estimate of drug-likeness (QED) is 0.230. The standard InChI is InChI=1S/C35H43N4O7P/c1-6-9-47(42,10-7-45-32-16-28-26(14-30(32)43-4)34(40)38-20-22(2)12-24(38)18-36-28)11-8-46-33-17-29-27(15-31(33)44-5)35(41)39-21-23(3)13-25(39)19-37-29/h14-18,24-25,37H,2-3,6-13,19-21H2,1,4-5H3/t24-,25-,47?/m0/s1. The van der Waals surface area contributed by atoms with Gasteiger partial charge >= 0.3 is 0 Å². The van der Waals surface area contributed by atoms with Gasteiger partial charge < -0.3 is 38.6 Å². The fraction of sp³-hybridized carbons (Fsp3) is 0.457. The summed E-state index contributed by atoms with van der Waals surface area (Å²) in [5.41, 5.74) is 4.27. The van der Waals surface area contributed by atoms with Crippen LogP contribution in [0.1, 0.15) is 46.9 Å². The molecule has 2 saturated heterocycles. The summed E-state index contributed by atoms with van der Waals surface area (Å²) in [6, 6.07) is 6.87. The molecule has 0 spiro atoms. The summed E-state index contributed by atoms with van der Waals surface area (Å²) >= 11 is 0. The number of aliphatic imine (C=N–C) groups is 1. The van der Waals surface area contributed by atoms with E-state index in [4.69, 9.17) is 18.9 Å². The first kappa shape index (κ1) is 32.7.